The number of hydrogen-bond acceptors (Lipinski definition) is 7. The summed E-state index contributed by atoms with van der Waals surface area (Å²) in [5.74, 6) is -0.492. The number of cyclic esters (lactones) is 1. The maximum Gasteiger partial charge on any atom is 0.414 e. The van der Waals surface area contributed by atoms with Crippen LogP contribution in [0.4, 0.5) is 16.2 Å². The van der Waals surface area contributed by atoms with E-state index in [4.69, 9.17) is 22.2 Å². The first kappa shape index (κ1) is 21.3. The second-order valence-electron chi connectivity index (χ2n) is 6.87. The lowest BCUT2D eigenvalue weighted by molar-refractivity contribution is 0.143. The topological polar surface area (TPSA) is 106 Å². The summed E-state index contributed by atoms with van der Waals surface area (Å²) in [7, 11) is -3.50. The van der Waals surface area contributed by atoms with Crippen LogP contribution in [0.5, 0.6) is 0 Å². The van der Waals surface area contributed by atoms with Crippen LogP contribution >= 0.6 is 12.2 Å². The van der Waals surface area contributed by atoms with Crippen LogP contribution in [-0.2, 0) is 14.8 Å². The Morgan fingerprint density at radius 3 is 2.45 bits per heavy atom. The molecule has 1 amide bonds. The van der Waals surface area contributed by atoms with Crippen LogP contribution in [0.15, 0.2) is 24.3 Å². The highest BCUT2D eigenvalue weighted by Crippen LogP contribution is 2.25. The molecule has 11 heteroatoms. The van der Waals surface area contributed by atoms with Gasteiger partial charge in [0.25, 0.3) is 0 Å². The molecule has 2 aliphatic rings. The first-order chi connectivity index (χ1) is 13.8. The van der Waals surface area contributed by atoms with Gasteiger partial charge in [0.05, 0.1) is 24.1 Å². The zero-order valence-corrected chi connectivity index (χ0v) is 17.7. The van der Waals surface area contributed by atoms with Gasteiger partial charge in [0.2, 0.25) is 10.0 Å². The molecular weight excluding hydrogens is 414 g/mol. The van der Waals surface area contributed by atoms with Gasteiger partial charge in [-0.3, -0.25) is 4.90 Å². The van der Waals surface area contributed by atoms with Crippen LogP contribution < -0.4 is 15.1 Å². The fourth-order valence-corrected chi connectivity index (χ4v) is 4.49. The van der Waals surface area contributed by atoms with E-state index in [0.29, 0.717) is 44.3 Å². The number of nitriles is 1. The van der Waals surface area contributed by atoms with E-state index in [1.165, 1.54) is 4.31 Å². The summed E-state index contributed by atoms with van der Waals surface area (Å²) >= 11 is 4.98. The molecule has 0 spiro atoms. The summed E-state index contributed by atoms with van der Waals surface area (Å²) < 4.78 is 30.7. The Morgan fingerprint density at radius 1 is 1.24 bits per heavy atom. The number of carbonyl (C=O) groups excluding carboxylic acids is 1. The molecule has 2 heterocycles. The molecule has 9 nitrogen and oxygen atoms in total. The Morgan fingerprint density at radius 2 is 1.86 bits per heavy atom. The number of carbonyl (C=O) groups is 1. The number of nitrogens with one attached hydrogen (secondary N) is 1. The van der Waals surface area contributed by atoms with E-state index < -0.39 is 15.8 Å². The highest BCUT2D eigenvalue weighted by molar-refractivity contribution is 7.89. The van der Waals surface area contributed by atoms with Gasteiger partial charge in [0.1, 0.15) is 6.10 Å². The molecule has 1 N–H and O–H groups in total. The fourth-order valence-electron chi connectivity index (χ4n) is 3.34. The number of benzene rings is 1. The quantitative estimate of drug-likeness (QED) is 0.655. The van der Waals surface area contributed by atoms with Gasteiger partial charge in [0.15, 0.2) is 5.75 Å². The second kappa shape index (κ2) is 8.94. The van der Waals surface area contributed by atoms with Crippen molar-refractivity contribution in [3.05, 3.63) is 24.3 Å². The van der Waals surface area contributed by atoms with E-state index in [9.17, 15) is 13.2 Å². The van der Waals surface area contributed by atoms with E-state index >= 15 is 0 Å². The lowest BCUT2D eigenvalue weighted by Gasteiger charge is -2.35. The van der Waals surface area contributed by atoms with Gasteiger partial charge in [-0.05, 0) is 31.2 Å². The number of nitrogens with zero attached hydrogens (tertiary/aromatic N) is 4. The third kappa shape index (κ3) is 5.14. The number of thiocarbonyl (C=S) groups is 1. The predicted octanol–water partition coefficient (Wildman–Crippen LogP) is 0.924. The van der Waals surface area contributed by atoms with Gasteiger partial charge >= 0.3 is 6.09 Å². The van der Waals surface area contributed by atoms with Crippen molar-refractivity contribution in [2.75, 3.05) is 54.8 Å². The molecule has 0 aliphatic carbocycles. The molecule has 0 bridgehead atoms. The smallest absolute Gasteiger partial charge is 0.414 e. The normalized spacial score (nSPS) is 20.3. The first-order valence-electron chi connectivity index (χ1n) is 9.22. The maximum atomic E-state index is 12.1. The molecular formula is C18H23N5O4S2. The van der Waals surface area contributed by atoms with Gasteiger partial charge in [-0.15, -0.1) is 0 Å². The summed E-state index contributed by atoms with van der Waals surface area (Å²) in [6, 6.07) is 9.24. The minimum absolute atomic E-state index is 0.261. The van der Waals surface area contributed by atoms with E-state index in [2.05, 4.69) is 10.2 Å². The summed E-state index contributed by atoms with van der Waals surface area (Å²) in [5, 5.41) is 11.7. The minimum Gasteiger partial charge on any atom is -0.442 e. The Balaban J connectivity index is 1.58. The third-order valence-corrected chi connectivity index (χ3v) is 6.65. The van der Waals surface area contributed by atoms with Crippen molar-refractivity contribution in [3.63, 3.8) is 0 Å². The molecule has 0 saturated carbocycles. The third-order valence-electron chi connectivity index (χ3n) is 4.86. The van der Waals surface area contributed by atoms with E-state index in [1.54, 1.807) is 17.9 Å². The monoisotopic (exact) mass is 437 g/mol. The highest BCUT2D eigenvalue weighted by Gasteiger charge is 2.32. The van der Waals surface area contributed by atoms with Crippen LogP contribution in [0.1, 0.15) is 6.92 Å². The second-order valence-corrected chi connectivity index (χ2v) is 9.45. The molecule has 2 aliphatic heterocycles. The Hall–Kier alpha value is -2.42. The zero-order valence-electron chi connectivity index (χ0n) is 16.1. The average Bonchev–Trinajstić information content (AvgIpc) is 3.07. The Bertz CT molecular complexity index is 905. The van der Waals surface area contributed by atoms with Crippen molar-refractivity contribution >= 4 is 44.7 Å². The molecule has 1 unspecified atom stereocenters. The number of hydrogen-bond donors (Lipinski definition) is 1. The van der Waals surface area contributed by atoms with Crippen molar-refractivity contribution in [2.24, 2.45) is 0 Å². The van der Waals surface area contributed by atoms with Crippen LogP contribution in [-0.4, -0.2) is 74.9 Å². The molecule has 0 aromatic heterocycles. The molecule has 1 aromatic carbocycles. The van der Waals surface area contributed by atoms with Gasteiger partial charge in [-0.2, -0.15) is 9.57 Å². The number of rotatable bonds is 6. The van der Waals surface area contributed by atoms with Crippen molar-refractivity contribution in [3.8, 4) is 6.07 Å². The highest BCUT2D eigenvalue weighted by atomic mass is 32.2. The Labute approximate surface area is 175 Å². The molecule has 3 rings (SSSR count). The van der Waals surface area contributed by atoms with Crippen LogP contribution in [0, 0.1) is 11.3 Å². The van der Waals surface area contributed by atoms with Gasteiger partial charge in [-0.1, -0.05) is 12.2 Å². The summed E-state index contributed by atoms with van der Waals surface area (Å²) in [6.45, 7) is 4.48. The number of sulfonamides is 1. The lowest BCUT2D eigenvalue weighted by atomic mass is 10.2. The lowest BCUT2D eigenvalue weighted by Crippen LogP contribution is -2.49. The molecule has 2 saturated heterocycles. The number of anilines is 2. The number of ether oxygens (including phenoxy) is 1. The summed E-state index contributed by atoms with van der Waals surface area (Å²) in [5.41, 5.74) is 1.70. The standard InChI is InChI=1S/C18H23N5O4S2/c1-14(28)20-12-17-13-23(18(24)27-17)16-4-2-15(3-5-16)21-7-9-22(10-8-21)29(25,26)11-6-19/h2-5,17H,7-13H2,1H3,(H,20,28). The molecule has 1 aromatic rings. The summed E-state index contributed by atoms with van der Waals surface area (Å²) in [6.07, 6.45) is -0.647. The molecule has 0 radical (unpaired) electrons. The van der Waals surface area contributed by atoms with Crippen molar-refractivity contribution in [1.29, 1.82) is 5.26 Å². The van der Waals surface area contributed by atoms with E-state index in [-0.39, 0.29) is 12.2 Å². The van der Waals surface area contributed by atoms with Crippen molar-refractivity contribution in [1.82, 2.24) is 9.62 Å². The molecule has 29 heavy (non-hydrogen) atoms. The van der Waals surface area contributed by atoms with Crippen LogP contribution in [0.2, 0.25) is 0 Å². The predicted molar refractivity (Wildman–Crippen MR) is 114 cm³/mol. The largest absolute Gasteiger partial charge is 0.442 e. The maximum absolute atomic E-state index is 12.1. The van der Waals surface area contributed by atoms with Gasteiger partial charge in [0, 0.05) is 37.6 Å². The summed E-state index contributed by atoms with van der Waals surface area (Å²) in [4.78, 5) is 16.5. The molecule has 1 atom stereocenters. The fraction of sp³-hybridized carbons (Fsp3) is 0.500. The van der Waals surface area contributed by atoms with E-state index in [0.717, 1.165) is 11.4 Å². The zero-order chi connectivity index (χ0) is 21.0. The van der Waals surface area contributed by atoms with Crippen molar-refractivity contribution < 1.29 is 17.9 Å². The van der Waals surface area contributed by atoms with Crippen LogP contribution in [0.25, 0.3) is 0 Å². The molecule has 156 valence electrons. The number of piperazine rings is 1. The number of amides is 1. The SMILES string of the molecule is CC(=S)NCC1CN(c2ccc(N3CCN(S(=O)(=O)CC#N)CC3)cc2)C(=O)O1. The van der Waals surface area contributed by atoms with E-state index in [1.807, 2.05) is 24.3 Å². The average molecular weight is 438 g/mol. The Kier molecular flexibility index (Phi) is 6.56. The van der Waals surface area contributed by atoms with Gasteiger partial charge in [-0.25, -0.2) is 13.2 Å². The first-order valence-corrected chi connectivity index (χ1v) is 11.2. The van der Waals surface area contributed by atoms with Gasteiger partial charge < -0.3 is 15.0 Å². The van der Waals surface area contributed by atoms with Crippen molar-refractivity contribution in [2.45, 2.75) is 13.0 Å². The minimum atomic E-state index is -3.50. The van der Waals surface area contributed by atoms with Crippen LogP contribution in [0.3, 0.4) is 0 Å². The molecule has 2 fully saturated rings.